The number of para-hydroxylation sites is 1. The summed E-state index contributed by atoms with van der Waals surface area (Å²) in [6.45, 7) is 0. The van der Waals surface area contributed by atoms with Crippen LogP contribution in [0.2, 0.25) is 0 Å². The standard InChI is InChI=1S/C26H22N6O4/c1-34-23-11-16(12-24(35-2)25(23)36-3)22-14-20(19-9-4-5-10-21(19)29-22)26(33)28-17-7-6-8-18(13-17)32-15-27-30-31-32/h4-15H,1-3H3,(H,28,33). The van der Waals surface area contributed by atoms with E-state index in [0.717, 1.165) is 11.1 Å². The summed E-state index contributed by atoms with van der Waals surface area (Å²) in [5.41, 5.74) is 3.76. The molecule has 5 rings (SSSR count). The summed E-state index contributed by atoms with van der Waals surface area (Å²) in [6, 6.07) is 20.1. The number of hydrogen-bond acceptors (Lipinski definition) is 8. The fourth-order valence-corrected chi connectivity index (χ4v) is 3.94. The Morgan fingerprint density at radius 3 is 2.36 bits per heavy atom. The quantitative estimate of drug-likeness (QED) is 0.368. The maximum absolute atomic E-state index is 13.5. The molecule has 0 spiro atoms. The van der Waals surface area contributed by atoms with Gasteiger partial charge in [-0.15, -0.1) is 5.10 Å². The SMILES string of the molecule is COc1cc(-c2cc(C(=O)Nc3cccc(-n4cnnn4)c3)c3ccccc3n2)cc(OC)c1OC. The van der Waals surface area contributed by atoms with Crippen LogP contribution in [0.5, 0.6) is 17.2 Å². The Hall–Kier alpha value is -4.99. The van der Waals surface area contributed by atoms with Crippen LogP contribution >= 0.6 is 0 Å². The van der Waals surface area contributed by atoms with Gasteiger partial charge >= 0.3 is 0 Å². The number of nitrogens with one attached hydrogen (secondary N) is 1. The maximum atomic E-state index is 13.5. The van der Waals surface area contributed by atoms with Crippen molar-refractivity contribution in [3.05, 3.63) is 78.6 Å². The Balaban J connectivity index is 1.57. The van der Waals surface area contributed by atoms with Gasteiger partial charge in [0.2, 0.25) is 5.75 Å². The summed E-state index contributed by atoms with van der Waals surface area (Å²) in [5, 5.41) is 14.9. The summed E-state index contributed by atoms with van der Waals surface area (Å²) in [6.07, 6.45) is 1.49. The predicted octanol–water partition coefficient (Wildman–Crippen LogP) is 4.16. The molecule has 1 N–H and O–H groups in total. The van der Waals surface area contributed by atoms with Gasteiger partial charge in [-0.3, -0.25) is 4.79 Å². The van der Waals surface area contributed by atoms with Crippen molar-refractivity contribution < 1.29 is 19.0 Å². The Bertz CT molecular complexity index is 1530. The molecule has 5 aromatic rings. The van der Waals surface area contributed by atoms with E-state index in [2.05, 4.69) is 20.8 Å². The molecule has 0 saturated heterocycles. The molecule has 0 unspecified atom stereocenters. The number of pyridine rings is 1. The largest absolute Gasteiger partial charge is 0.493 e. The van der Waals surface area contributed by atoms with Crippen molar-refractivity contribution in [2.24, 2.45) is 0 Å². The van der Waals surface area contributed by atoms with E-state index in [4.69, 9.17) is 19.2 Å². The molecule has 0 saturated carbocycles. The number of tetrazole rings is 1. The Labute approximate surface area is 206 Å². The molecule has 0 atom stereocenters. The van der Waals surface area contributed by atoms with Crippen molar-refractivity contribution in [2.45, 2.75) is 0 Å². The fraction of sp³-hybridized carbons (Fsp3) is 0.115. The third kappa shape index (κ3) is 4.27. The normalized spacial score (nSPS) is 10.8. The summed E-state index contributed by atoms with van der Waals surface area (Å²) < 4.78 is 17.9. The lowest BCUT2D eigenvalue weighted by atomic mass is 10.0. The van der Waals surface area contributed by atoms with Crippen molar-refractivity contribution >= 4 is 22.5 Å². The van der Waals surface area contributed by atoms with Gasteiger partial charge in [-0.2, -0.15) is 0 Å². The van der Waals surface area contributed by atoms with Crippen LogP contribution in [-0.2, 0) is 0 Å². The molecule has 0 bridgehead atoms. The number of methoxy groups -OCH3 is 3. The Kier molecular flexibility index (Phi) is 6.14. The lowest BCUT2D eigenvalue weighted by Gasteiger charge is -2.15. The van der Waals surface area contributed by atoms with Crippen LogP contribution in [0.15, 0.2) is 73.1 Å². The highest BCUT2D eigenvalue weighted by Gasteiger charge is 2.18. The van der Waals surface area contributed by atoms with Gasteiger partial charge in [0, 0.05) is 16.6 Å². The number of fused-ring (bicyclic) bond motifs is 1. The highest BCUT2D eigenvalue weighted by molar-refractivity contribution is 6.13. The van der Waals surface area contributed by atoms with Gasteiger partial charge in [0.1, 0.15) is 6.33 Å². The van der Waals surface area contributed by atoms with Crippen LogP contribution in [0.4, 0.5) is 5.69 Å². The zero-order valence-corrected chi connectivity index (χ0v) is 19.8. The van der Waals surface area contributed by atoms with Gasteiger partial charge in [0.25, 0.3) is 5.91 Å². The number of aromatic nitrogens is 5. The average molecular weight is 483 g/mol. The monoisotopic (exact) mass is 482 g/mol. The molecule has 3 aromatic carbocycles. The van der Waals surface area contributed by atoms with Crippen molar-refractivity contribution in [3.8, 4) is 34.2 Å². The number of carbonyl (C=O) groups is 1. The molecule has 0 aliphatic heterocycles. The van der Waals surface area contributed by atoms with Crippen molar-refractivity contribution in [2.75, 3.05) is 26.6 Å². The second kappa shape index (κ2) is 9.71. The number of carbonyl (C=O) groups excluding carboxylic acids is 1. The first-order valence-corrected chi connectivity index (χ1v) is 11.0. The minimum absolute atomic E-state index is 0.281. The van der Waals surface area contributed by atoms with E-state index in [9.17, 15) is 4.79 Å². The smallest absolute Gasteiger partial charge is 0.256 e. The lowest BCUT2D eigenvalue weighted by Crippen LogP contribution is -2.13. The van der Waals surface area contributed by atoms with Gasteiger partial charge in [0.15, 0.2) is 11.5 Å². The van der Waals surface area contributed by atoms with Gasteiger partial charge in [0.05, 0.1) is 43.8 Å². The van der Waals surface area contributed by atoms with Crippen LogP contribution in [-0.4, -0.2) is 52.4 Å². The minimum Gasteiger partial charge on any atom is -0.493 e. The zero-order valence-electron chi connectivity index (χ0n) is 19.8. The zero-order chi connectivity index (χ0) is 25.1. The number of anilines is 1. The second-order valence-electron chi connectivity index (χ2n) is 7.75. The van der Waals surface area contributed by atoms with Gasteiger partial charge in [-0.25, -0.2) is 9.67 Å². The highest BCUT2D eigenvalue weighted by Crippen LogP contribution is 2.41. The van der Waals surface area contributed by atoms with Crippen LogP contribution in [0.3, 0.4) is 0 Å². The third-order valence-electron chi connectivity index (χ3n) is 5.64. The average Bonchev–Trinajstić information content (AvgIpc) is 3.47. The summed E-state index contributed by atoms with van der Waals surface area (Å²) in [4.78, 5) is 18.3. The van der Waals surface area contributed by atoms with E-state index in [0.29, 0.717) is 45.3 Å². The first-order valence-electron chi connectivity index (χ1n) is 11.0. The molecule has 2 heterocycles. The van der Waals surface area contributed by atoms with Crippen molar-refractivity contribution in [3.63, 3.8) is 0 Å². The number of ether oxygens (including phenoxy) is 3. The van der Waals surface area contributed by atoms with Crippen LogP contribution < -0.4 is 19.5 Å². The molecule has 0 aliphatic rings. The molecule has 1 amide bonds. The first kappa shape index (κ1) is 22.8. The molecular formula is C26H22N6O4. The van der Waals surface area contributed by atoms with Crippen LogP contribution in [0, 0.1) is 0 Å². The number of rotatable bonds is 7. The third-order valence-corrected chi connectivity index (χ3v) is 5.64. The van der Waals surface area contributed by atoms with E-state index in [1.165, 1.54) is 11.0 Å². The lowest BCUT2D eigenvalue weighted by molar-refractivity contribution is 0.102. The van der Waals surface area contributed by atoms with E-state index in [1.54, 1.807) is 51.7 Å². The predicted molar refractivity (Wildman–Crippen MR) is 134 cm³/mol. The fourth-order valence-electron chi connectivity index (χ4n) is 3.94. The van der Waals surface area contributed by atoms with E-state index >= 15 is 0 Å². The van der Waals surface area contributed by atoms with E-state index < -0.39 is 0 Å². The van der Waals surface area contributed by atoms with Gasteiger partial charge < -0.3 is 19.5 Å². The van der Waals surface area contributed by atoms with Gasteiger partial charge in [-0.05, 0) is 52.9 Å². The highest BCUT2D eigenvalue weighted by atomic mass is 16.5. The first-order chi connectivity index (χ1) is 17.6. The molecule has 10 nitrogen and oxygen atoms in total. The van der Waals surface area contributed by atoms with E-state index in [1.807, 2.05) is 36.4 Å². The molecule has 0 radical (unpaired) electrons. The molecule has 0 fully saturated rings. The van der Waals surface area contributed by atoms with Crippen LogP contribution in [0.1, 0.15) is 10.4 Å². The Morgan fingerprint density at radius 1 is 0.889 bits per heavy atom. The van der Waals surface area contributed by atoms with Crippen molar-refractivity contribution in [1.82, 2.24) is 25.2 Å². The summed E-state index contributed by atoms with van der Waals surface area (Å²) >= 11 is 0. The number of benzene rings is 3. The maximum Gasteiger partial charge on any atom is 0.256 e. The van der Waals surface area contributed by atoms with Crippen molar-refractivity contribution in [1.29, 1.82) is 0 Å². The summed E-state index contributed by atoms with van der Waals surface area (Å²) in [5.74, 6) is 1.18. The number of hydrogen-bond donors (Lipinski definition) is 1. The topological polar surface area (TPSA) is 113 Å². The molecule has 0 aliphatic carbocycles. The number of nitrogens with zero attached hydrogens (tertiary/aromatic N) is 5. The minimum atomic E-state index is -0.281. The molecule has 180 valence electrons. The van der Waals surface area contributed by atoms with Crippen LogP contribution in [0.25, 0.3) is 27.8 Å². The van der Waals surface area contributed by atoms with E-state index in [-0.39, 0.29) is 5.91 Å². The number of amides is 1. The summed E-state index contributed by atoms with van der Waals surface area (Å²) in [7, 11) is 4.65. The molecule has 10 heteroatoms. The van der Waals surface area contributed by atoms with Gasteiger partial charge in [-0.1, -0.05) is 24.3 Å². The molecular weight excluding hydrogens is 460 g/mol. The molecule has 2 aromatic heterocycles. The Morgan fingerprint density at radius 2 is 1.67 bits per heavy atom. The second-order valence-corrected chi connectivity index (χ2v) is 7.75. The molecule has 36 heavy (non-hydrogen) atoms.